The van der Waals surface area contributed by atoms with Crippen molar-refractivity contribution in [1.29, 1.82) is 5.26 Å². The van der Waals surface area contributed by atoms with E-state index in [0.29, 0.717) is 11.5 Å². The number of thiophene rings is 1. The highest BCUT2D eigenvalue weighted by Crippen LogP contribution is 2.52. The summed E-state index contributed by atoms with van der Waals surface area (Å²) in [4.78, 5) is 2.39. The third-order valence-corrected chi connectivity index (χ3v) is 10.9. The third-order valence-electron chi connectivity index (χ3n) is 9.65. The maximum Gasteiger partial charge on any atom is 0.101 e. The van der Waals surface area contributed by atoms with E-state index in [1.54, 1.807) is 0 Å². The molecule has 3 heterocycles. The molecule has 1 aliphatic heterocycles. The van der Waals surface area contributed by atoms with Gasteiger partial charge in [-0.3, -0.25) is 0 Å². The van der Waals surface area contributed by atoms with Crippen molar-refractivity contribution in [2.75, 3.05) is 4.90 Å². The van der Waals surface area contributed by atoms with E-state index in [2.05, 4.69) is 132 Å². The Morgan fingerprint density at radius 2 is 1.35 bits per heavy atom. The molecule has 1 unspecified atom stereocenters. The number of anilines is 2. The molecular formula is C42H29N3S. The van der Waals surface area contributed by atoms with Gasteiger partial charge in [0.2, 0.25) is 0 Å². The molecule has 46 heavy (non-hydrogen) atoms. The molecule has 218 valence electrons. The summed E-state index contributed by atoms with van der Waals surface area (Å²) in [5.74, 6) is 0.320. The summed E-state index contributed by atoms with van der Waals surface area (Å²) in [7, 11) is 0. The summed E-state index contributed by atoms with van der Waals surface area (Å²) < 4.78 is 4.79. The van der Waals surface area contributed by atoms with E-state index in [1.807, 2.05) is 35.6 Å². The number of rotatable bonds is 4. The number of para-hydroxylation sites is 3. The van der Waals surface area contributed by atoms with Crippen LogP contribution in [0.1, 0.15) is 30.4 Å². The van der Waals surface area contributed by atoms with Gasteiger partial charge in [0, 0.05) is 43.5 Å². The highest BCUT2D eigenvalue weighted by molar-refractivity contribution is 7.27. The molecule has 0 radical (unpaired) electrons. The van der Waals surface area contributed by atoms with Gasteiger partial charge in [-0.2, -0.15) is 5.26 Å². The molecule has 3 nitrogen and oxygen atoms in total. The second kappa shape index (κ2) is 10.2. The predicted molar refractivity (Wildman–Crippen MR) is 195 cm³/mol. The molecule has 0 N–H and O–H groups in total. The Morgan fingerprint density at radius 1 is 0.674 bits per heavy atom. The molecule has 0 fully saturated rings. The largest absolute Gasteiger partial charge is 0.312 e. The quantitative estimate of drug-likeness (QED) is 0.199. The number of fused-ring (bicyclic) bond motifs is 7. The fraction of sp³-hybridized carbons (Fsp3) is 0.0714. The van der Waals surface area contributed by atoms with Crippen molar-refractivity contribution in [3.05, 3.63) is 151 Å². The van der Waals surface area contributed by atoms with E-state index in [4.69, 9.17) is 0 Å². The number of nitrogens with zero attached hydrogens (tertiary/aromatic N) is 3. The van der Waals surface area contributed by atoms with Gasteiger partial charge >= 0.3 is 0 Å². The van der Waals surface area contributed by atoms with E-state index in [1.165, 1.54) is 53.4 Å². The van der Waals surface area contributed by atoms with Crippen LogP contribution in [0.2, 0.25) is 0 Å². The molecule has 0 spiro atoms. The first-order valence-corrected chi connectivity index (χ1v) is 16.5. The lowest BCUT2D eigenvalue weighted by molar-refractivity contribution is 0.783. The number of hydrogen-bond donors (Lipinski definition) is 0. The summed E-state index contributed by atoms with van der Waals surface area (Å²) in [6, 6.07) is 47.6. The van der Waals surface area contributed by atoms with Gasteiger partial charge in [0.1, 0.15) is 6.07 Å². The van der Waals surface area contributed by atoms with Crippen molar-refractivity contribution in [3.63, 3.8) is 0 Å². The summed E-state index contributed by atoms with van der Waals surface area (Å²) in [6.07, 6.45) is 1.02. The molecule has 0 saturated heterocycles. The summed E-state index contributed by atoms with van der Waals surface area (Å²) >= 11 is 1.87. The molecule has 6 aromatic carbocycles. The van der Waals surface area contributed by atoms with E-state index in [9.17, 15) is 5.26 Å². The minimum absolute atomic E-state index is 0.320. The topological polar surface area (TPSA) is 32.0 Å². The minimum atomic E-state index is 0.320. The summed E-state index contributed by atoms with van der Waals surface area (Å²) in [5, 5.41) is 14.9. The first kappa shape index (κ1) is 26.7. The molecule has 0 amide bonds. The van der Waals surface area contributed by atoms with Crippen LogP contribution in [-0.2, 0) is 0 Å². The molecule has 0 aliphatic carbocycles. The standard InChI is InChI=1S/C42H29N3S/c1-3-29-26(2)44(37-19-8-5-13-31(29)37)39-21-11-17-35-34-16-10-15-30(41(34)46-42(35)39)27-22-23-33-32-14-6-9-20-38(32)45(40(33)24-27)36-18-7-4-12-28(36)25-43/h4-24,29H,2-3H2,1H3. The van der Waals surface area contributed by atoms with Gasteiger partial charge < -0.3 is 9.47 Å². The molecule has 2 aromatic heterocycles. The molecule has 9 rings (SSSR count). The number of nitriles is 1. The molecule has 4 heteroatoms. The van der Waals surface area contributed by atoms with Gasteiger partial charge in [-0.1, -0.05) is 104 Å². The fourth-order valence-electron chi connectivity index (χ4n) is 7.59. The van der Waals surface area contributed by atoms with Crippen LogP contribution in [-0.4, -0.2) is 4.57 Å². The van der Waals surface area contributed by atoms with Crippen LogP contribution in [0.25, 0.3) is 58.8 Å². The zero-order valence-corrected chi connectivity index (χ0v) is 26.2. The van der Waals surface area contributed by atoms with Crippen LogP contribution in [0.4, 0.5) is 11.4 Å². The molecule has 1 aliphatic rings. The van der Waals surface area contributed by atoms with Crippen LogP contribution < -0.4 is 4.90 Å². The zero-order valence-electron chi connectivity index (χ0n) is 25.4. The second-order valence-corrected chi connectivity index (χ2v) is 13.0. The normalized spacial score (nSPS) is 14.5. The van der Waals surface area contributed by atoms with Crippen LogP contribution in [0.3, 0.4) is 0 Å². The number of hydrogen-bond acceptors (Lipinski definition) is 3. The average Bonchev–Trinajstić information content (AvgIpc) is 3.74. The minimum Gasteiger partial charge on any atom is -0.312 e. The van der Waals surface area contributed by atoms with Crippen molar-refractivity contribution < 1.29 is 0 Å². The van der Waals surface area contributed by atoms with Gasteiger partial charge in [0.05, 0.1) is 32.7 Å². The SMILES string of the molecule is C=C1C(CC)c2ccccc2N1c1cccc2c1sc1c(-c3ccc4c5ccccc5n(-c5ccccc5C#N)c4c3)cccc12. The number of benzene rings is 6. The van der Waals surface area contributed by atoms with Gasteiger partial charge in [0.25, 0.3) is 0 Å². The fourth-order valence-corrected chi connectivity index (χ4v) is 8.93. The van der Waals surface area contributed by atoms with Crippen molar-refractivity contribution >= 4 is 64.7 Å². The molecule has 0 saturated carbocycles. The highest BCUT2D eigenvalue weighted by Gasteiger charge is 2.33. The first-order valence-electron chi connectivity index (χ1n) is 15.7. The lowest BCUT2D eigenvalue weighted by Gasteiger charge is -2.23. The zero-order chi connectivity index (χ0) is 30.9. The van der Waals surface area contributed by atoms with Gasteiger partial charge in [-0.05, 0) is 59.5 Å². The molecule has 0 bridgehead atoms. The Hall–Kier alpha value is -5.63. The second-order valence-electron chi connectivity index (χ2n) is 12.0. The smallest absolute Gasteiger partial charge is 0.101 e. The third kappa shape index (κ3) is 3.70. The monoisotopic (exact) mass is 607 g/mol. The summed E-state index contributed by atoms with van der Waals surface area (Å²) in [6.45, 7) is 6.85. The Morgan fingerprint density at radius 3 is 2.20 bits per heavy atom. The molecule has 1 atom stereocenters. The van der Waals surface area contributed by atoms with Crippen LogP contribution in [0, 0.1) is 11.3 Å². The first-order chi connectivity index (χ1) is 22.7. The van der Waals surface area contributed by atoms with Crippen molar-refractivity contribution in [1.82, 2.24) is 4.57 Å². The number of aromatic nitrogens is 1. The Balaban J connectivity index is 1.28. The average molecular weight is 608 g/mol. The van der Waals surface area contributed by atoms with E-state index >= 15 is 0 Å². The van der Waals surface area contributed by atoms with Crippen molar-refractivity contribution in [2.24, 2.45) is 0 Å². The van der Waals surface area contributed by atoms with Gasteiger partial charge in [-0.25, -0.2) is 0 Å². The van der Waals surface area contributed by atoms with Crippen LogP contribution in [0.5, 0.6) is 0 Å². The predicted octanol–water partition coefficient (Wildman–Crippen LogP) is 11.8. The van der Waals surface area contributed by atoms with E-state index in [-0.39, 0.29) is 0 Å². The lowest BCUT2D eigenvalue weighted by Crippen LogP contribution is -2.12. The number of allylic oxidation sites excluding steroid dienone is 1. The van der Waals surface area contributed by atoms with Crippen molar-refractivity contribution in [3.8, 4) is 22.9 Å². The van der Waals surface area contributed by atoms with Crippen molar-refractivity contribution in [2.45, 2.75) is 19.3 Å². The Bertz CT molecular complexity index is 2580. The Labute approximate surface area is 271 Å². The molecule has 8 aromatic rings. The lowest BCUT2D eigenvalue weighted by atomic mass is 9.97. The maximum absolute atomic E-state index is 10.0. The summed E-state index contributed by atoms with van der Waals surface area (Å²) in [5.41, 5.74) is 11.0. The van der Waals surface area contributed by atoms with Crippen LogP contribution in [0.15, 0.2) is 140 Å². The molecular weight excluding hydrogens is 579 g/mol. The maximum atomic E-state index is 10.0. The van der Waals surface area contributed by atoms with Gasteiger partial charge in [-0.15, -0.1) is 11.3 Å². The van der Waals surface area contributed by atoms with E-state index < -0.39 is 0 Å². The van der Waals surface area contributed by atoms with Crippen LogP contribution >= 0.6 is 11.3 Å². The highest BCUT2D eigenvalue weighted by atomic mass is 32.1. The van der Waals surface area contributed by atoms with Gasteiger partial charge in [0.15, 0.2) is 0 Å². The van der Waals surface area contributed by atoms with E-state index in [0.717, 1.165) is 34.4 Å². The Kier molecular flexibility index (Phi) is 5.93.